The molecule has 1 aromatic rings. The molecule has 1 aromatic carbocycles. The zero-order valence-corrected chi connectivity index (χ0v) is 11.5. The van der Waals surface area contributed by atoms with Crippen molar-refractivity contribution in [2.24, 2.45) is 0 Å². The van der Waals surface area contributed by atoms with Crippen LogP contribution < -0.4 is 10.1 Å². The molecule has 2 atom stereocenters. The molecule has 0 aliphatic carbocycles. The first-order valence-corrected chi connectivity index (χ1v) is 6.38. The van der Waals surface area contributed by atoms with E-state index in [9.17, 15) is 13.9 Å². The number of hydrogen-bond acceptors (Lipinski definition) is 3. The fraction of sp³-hybridized carbons (Fsp3) is 0.571. The van der Waals surface area contributed by atoms with E-state index in [4.69, 9.17) is 4.74 Å². The second kappa shape index (κ2) is 6.82. The van der Waals surface area contributed by atoms with Crippen LogP contribution in [0.5, 0.6) is 5.75 Å². The van der Waals surface area contributed by atoms with Crippen molar-refractivity contribution in [3.63, 3.8) is 0 Å². The van der Waals surface area contributed by atoms with E-state index in [0.29, 0.717) is 6.42 Å². The Morgan fingerprint density at radius 2 is 2.05 bits per heavy atom. The Balaban J connectivity index is 2.63. The molecule has 0 amide bonds. The summed E-state index contributed by atoms with van der Waals surface area (Å²) in [5.41, 5.74) is -0.452. The van der Waals surface area contributed by atoms with Gasteiger partial charge in [-0.15, -0.1) is 0 Å². The molecule has 0 radical (unpaired) electrons. The molecule has 0 fully saturated rings. The number of aliphatic hydroxyl groups is 1. The minimum Gasteiger partial charge on any atom is -0.491 e. The third-order valence-electron chi connectivity index (χ3n) is 2.92. The first-order chi connectivity index (χ1) is 8.90. The third-order valence-corrected chi connectivity index (χ3v) is 2.92. The highest BCUT2D eigenvalue weighted by Crippen LogP contribution is 2.20. The molecule has 0 aliphatic heterocycles. The van der Waals surface area contributed by atoms with E-state index in [0.717, 1.165) is 18.7 Å². The average molecular weight is 273 g/mol. The topological polar surface area (TPSA) is 41.5 Å². The maximum atomic E-state index is 13.0. The fourth-order valence-electron chi connectivity index (χ4n) is 2.08. The second-order valence-electron chi connectivity index (χ2n) is 4.96. The number of benzene rings is 1. The summed E-state index contributed by atoms with van der Waals surface area (Å²) < 4.78 is 31.4. The molecule has 0 bridgehead atoms. The predicted octanol–water partition coefficient (Wildman–Crippen LogP) is 2.48. The van der Waals surface area contributed by atoms with Gasteiger partial charge in [0.25, 0.3) is 0 Å². The summed E-state index contributed by atoms with van der Waals surface area (Å²) in [7, 11) is 0. The van der Waals surface area contributed by atoms with E-state index in [-0.39, 0.29) is 18.5 Å². The van der Waals surface area contributed by atoms with Crippen LogP contribution in [0.2, 0.25) is 0 Å². The Hall–Kier alpha value is -1.20. The zero-order chi connectivity index (χ0) is 14.5. The van der Waals surface area contributed by atoms with Gasteiger partial charge in [-0.2, -0.15) is 0 Å². The minimum atomic E-state index is -0.929. The predicted molar refractivity (Wildman–Crippen MR) is 70.2 cm³/mol. The van der Waals surface area contributed by atoms with Gasteiger partial charge in [0.05, 0.1) is 12.7 Å². The summed E-state index contributed by atoms with van der Waals surface area (Å²) in [5.74, 6) is -1.54. The number of hydrogen-bond donors (Lipinski definition) is 2. The second-order valence-corrected chi connectivity index (χ2v) is 4.96. The van der Waals surface area contributed by atoms with Gasteiger partial charge in [0.2, 0.25) is 0 Å². The van der Waals surface area contributed by atoms with Crippen LogP contribution in [0.1, 0.15) is 27.2 Å². The standard InChI is InChI=1S/C14H21F2NO2/c1-4-17-14(3,9-18)8-10(2)19-11-5-6-12(15)13(16)7-11/h5-7,10,17-18H,4,8-9H2,1-3H3. The molecule has 0 aliphatic rings. The van der Waals surface area contributed by atoms with Crippen molar-refractivity contribution in [1.82, 2.24) is 5.32 Å². The molecule has 3 nitrogen and oxygen atoms in total. The Morgan fingerprint density at radius 3 is 2.58 bits per heavy atom. The van der Waals surface area contributed by atoms with Crippen molar-refractivity contribution in [3.8, 4) is 5.75 Å². The highest BCUT2D eigenvalue weighted by atomic mass is 19.2. The smallest absolute Gasteiger partial charge is 0.162 e. The zero-order valence-electron chi connectivity index (χ0n) is 11.5. The van der Waals surface area contributed by atoms with E-state index in [1.807, 2.05) is 20.8 Å². The van der Waals surface area contributed by atoms with Crippen molar-refractivity contribution in [2.45, 2.75) is 38.8 Å². The Bertz CT molecular complexity index is 414. The van der Waals surface area contributed by atoms with Crippen molar-refractivity contribution in [3.05, 3.63) is 29.8 Å². The van der Waals surface area contributed by atoms with Crippen molar-refractivity contribution in [1.29, 1.82) is 0 Å². The number of nitrogens with one attached hydrogen (secondary N) is 1. The fourth-order valence-corrected chi connectivity index (χ4v) is 2.08. The Labute approximate surface area is 112 Å². The number of likely N-dealkylation sites (N-methyl/N-ethyl adjacent to an activating group) is 1. The summed E-state index contributed by atoms with van der Waals surface area (Å²) in [6.45, 7) is 6.38. The molecular formula is C14H21F2NO2. The number of aliphatic hydroxyl groups excluding tert-OH is 1. The van der Waals surface area contributed by atoms with Crippen LogP contribution in [-0.2, 0) is 0 Å². The van der Waals surface area contributed by atoms with Crippen molar-refractivity contribution < 1.29 is 18.6 Å². The van der Waals surface area contributed by atoms with Crippen LogP contribution in [0.4, 0.5) is 8.78 Å². The summed E-state index contributed by atoms with van der Waals surface area (Å²) in [5, 5.41) is 12.6. The van der Waals surface area contributed by atoms with E-state index < -0.39 is 17.2 Å². The quantitative estimate of drug-likeness (QED) is 0.802. The van der Waals surface area contributed by atoms with E-state index >= 15 is 0 Å². The SMILES string of the molecule is CCNC(C)(CO)CC(C)Oc1ccc(F)c(F)c1. The lowest BCUT2D eigenvalue weighted by Crippen LogP contribution is -2.48. The Morgan fingerprint density at radius 1 is 1.37 bits per heavy atom. The lowest BCUT2D eigenvalue weighted by Gasteiger charge is -2.31. The highest BCUT2D eigenvalue weighted by Gasteiger charge is 2.25. The monoisotopic (exact) mass is 273 g/mol. The van der Waals surface area contributed by atoms with Crippen molar-refractivity contribution >= 4 is 0 Å². The van der Waals surface area contributed by atoms with Gasteiger partial charge < -0.3 is 15.2 Å². The van der Waals surface area contributed by atoms with E-state index in [1.54, 1.807) is 0 Å². The van der Waals surface area contributed by atoms with Crippen LogP contribution >= 0.6 is 0 Å². The molecule has 0 heterocycles. The number of halogens is 2. The van der Waals surface area contributed by atoms with Gasteiger partial charge in [-0.3, -0.25) is 0 Å². The number of ether oxygens (including phenoxy) is 1. The molecule has 108 valence electrons. The summed E-state index contributed by atoms with van der Waals surface area (Å²) >= 11 is 0. The molecule has 2 unspecified atom stereocenters. The molecule has 0 spiro atoms. The lowest BCUT2D eigenvalue weighted by molar-refractivity contribution is 0.111. The van der Waals surface area contributed by atoms with Gasteiger partial charge in [0.1, 0.15) is 5.75 Å². The molecule has 5 heteroatoms. The normalized spacial score (nSPS) is 15.9. The van der Waals surface area contributed by atoms with Crippen LogP contribution in [0.3, 0.4) is 0 Å². The molecule has 1 rings (SSSR count). The third kappa shape index (κ3) is 4.76. The largest absolute Gasteiger partial charge is 0.491 e. The minimum absolute atomic E-state index is 0.0215. The van der Waals surface area contributed by atoms with Crippen molar-refractivity contribution in [2.75, 3.05) is 13.2 Å². The van der Waals surface area contributed by atoms with Crippen LogP contribution in [0.15, 0.2) is 18.2 Å². The van der Waals surface area contributed by atoms with Crippen LogP contribution in [-0.4, -0.2) is 29.9 Å². The first kappa shape index (κ1) is 15.9. The van der Waals surface area contributed by atoms with Gasteiger partial charge in [0.15, 0.2) is 11.6 Å². The van der Waals surface area contributed by atoms with E-state index in [1.165, 1.54) is 6.07 Å². The van der Waals surface area contributed by atoms with E-state index in [2.05, 4.69) is 5.32 Å². The summed E-state index contributed by atoms with van der Waals surface area (Å²) in [6, 6.07) is 3.45. The molecule has 19 heavy (non-hydrogen) atoms. The average Bonchev–Trinajstić information content (AvgIpc) is 2.34. The first-order valence-electron chi connectivity index (χ1n) is 6.38. The van der Waals surface area contributed by atoms with Gasteiger partial charge in [-0.25, -0.2) is 8.78 Å². The maximum absolute atomic E-state index is 13.0. The van der Waals surface area contributed by atoms with Crippen LogP contribution in [0.25, 0.3) is 0 Å². The van der Waals surface area contributed by atoms with Gasteiger partial charge in [-0.1, -0.05) is 6.92 Å². The maximum Gasteiger partial charge on any atom is 0.162 e. The molecular weight excluding hydrogens is 252 g/mol. The van der Waals surface area contributed by atoms with Crippen LogP contribution in [0, 0.1) is 11.6 Å². The summed E-state index contributed by atoms with van der Waals surface area (Å²) in [4.78, 5) is 0. The van der Waals surface area contributed by atoms with Gasteiger partial charge >= 0.3 is 0 Å². The number of rotatable bonds is 7. The highest BCUT2D eigenvalue weighted by molar-refractivity contribution is 5.23. The molecule has 0 aromatic heterocycles. The molecule has 2 N–H and O–H groups in total. The molecule has 0 saturated carbocycles. The van der Waals surface area contributed by atoms with Gasteiger partial charge in [0, 0.05) is 18.0 Å². The molecule has 0 saturated heterocycles. The lowest BCUT2D eigenvalue weighted by atomic mass is 9.95. The summed E-state index contributed by atoms with van der Waals surface area (Å²) in [6.07, 6.45) is 0.317. The Kier molecular flexibility index (Phi) is 5.69. The van der Waals surface area contributed by atoms with Gasteiger partial charge in [-0.05, 0) is 32.5 Å².